The number of anilines is 1. The fourth-order valence-corrected chi connectivity index (χ4v) is 4.49. The zero-order valence-electron chi connectivity index (χ0n) is 14.2. The summed E-state index contributed by atoms with van der Waals surface area (Å²) in [4.78, 5) is 8.64. The van der Waals surface area contributed by atoms with E-state index >= 15 is 0 Å². The maximum Gasteiger partial charge on any atom is 0.183 e. The third kappa shape index (κ3) is 4.19. The Hall–Kier alpha value is -1.78. The molecule has 0 saturated heterocycles. The summed E-state index contributed by atoms with van der Waals surface area (Å²) < 4.78 is 0. The van der Waals surface area contributed by atoms with Crippen LogP contribution in [0.25, 0.3) is 11.3 Å². The van der Waals surface area contributed by atoms with E-state index in [2.05, 4.69) is 67.7 Å². The van der Waals surface area contributed by atoms with E-state index in [1.165, 1.54) is 20.2 Å². The highest BCUT2D eigenvalue weighted by Crippen LogP contribution is 2.34. The molecule has 2 nitrogen and oxygen atoms in total. The Kier molecular flexibility index (Phi) is 5.59. The van der Waals surface area contributed by atoms with Crippen LogP contribution in [0.1, 0.15) is 18.7 Å². The van der Waals surface area contributed by atoms with Gasteiger partial charge in [0.25, 0.3) is 0 Å². The van der Waals surface area contributed by atoms with Crippen molar-refractivity contribution >= 4 is 28.2 Å². The fraction of sp³-hybridized carbons (Fsp3) is 0.250. The quantitative estimate of drug-likeness (QED) is 0.570. The molecule has 1 N–H and O–H groups in total. The van der Waals surface area contributed by atoms with E-state index in [9.17, 15) is 0 Å². The lowest BCUT2D eigenvalue weighted by molar-refractivity contribution is 0.654. The van der Waals surface area contributed by atoms with Gasteiger partial charge in [0.15, 0.2) is 5.13 Å². The molecule has 0 atom stereocenters. The van der Waals surface area contributed by atoms with Crippen LogP contribution in [0, 0.1) is 5.92 Å². The zero-order chi connectivity index (χ0) is 16.9. The number of thiazole rings is 1. The Morgan fingerprint density at radius 3 is 2.29 bits per heavy atom. The van der Waals surface area contributed by atoms with Gasteiger partial charge in [0.1, 0.15) is 0 Å². The number of hydrogen-bond donors (Lipinski definition) is 1. The van der Waals surface area contributed by atoms with Crippen LogP contribution in [0.5, 0.6) is 0 Å². The van der Waals surface area contributed by atoms with Gasteiger partial charge in [-0.25, -0.2) is 4.98 Å². The van der Waals surface area contributed by atoms with Crippen molar-refractivity contribution in [1.29, 1.82) is 0 Å². The van der Waals surface area contributed by atoms with Gasteiger partial charge in [0.05, 0.1) is 5.69 Å². The summed E-state index contributed by atoms with van der Waals surface area (Å²) >= 11 is 3.55. The van der Waals surface area contributed by atoms with Crippen LogP contribution in [-0.4, -0.2) is 12.0 Å². The SMILES string of the molecule is CNc1nc(-c2ccc(Sc3ccccc3)cc2)c(CC(C)C)s1. The average Bonchev–Trinajstić information content (AvgIpc) is 2.99. The van der Waals surface area contributed by atoms with Gasteiger partial charge in [0.2, 0.25) is 0 Å². The first-order valence-corrected chi connectivity index (χ1v) is 9.80. The highest BCUT2D eigenvalue weighted by atomic mass is 32.2. The molecule has 3 rings (SSSR count). The number of benzene rings is 2. The molecule has 24 heavy (non-hydrogen) atoms. The van der Waals surface area contributed by atoms with Crippen LogP contribution in [-0.2, 0) is 6.42 Å². The molecule has 0 bridgehead atoms. The van der Waals surface area contributed by atoms with E-state index in [0.717, 1.165) is 17.2 Å². The molecular weight excluding hydrogens is 332 g/mol. The molecule has 3 aromatic rings. The predicted octanol–water partition coefficient (Wildman–Crippen LogP) is 6.20. The molecule has 2 aromatic carbocycles. The fourth-order valence-electron chi connectivity index (χ4n) is 2.50. The molecule has 0 aliphatic rings. The number of nitrogens with one attached hydrogen (secondary N) is 1. The highest BCUT2D eigenvalue weighted by Gasteiger charge is 2.14. The zero-order valence-corrected chi connectivity index (χ0v) is 15.9. The van der Waals surface area contributed by atoms with Crippen molar-refractivity contribution in [3.05, 3.63) is 59.5 Å². The van der Waals surface area contributed by atoms with Gasteiger partial charge in [-0.05, 0) is 36.6 Å². The van der Waals surface area contributed by atoms with Crippen molar-refractivity contribution in [2.24, 2.45) is 5.92 Å². The average molecular weight is 355 g/mol. The summed E-state index contributed by atoms with van der Waals surface area (Å²) in [6, 6.07) is 19.2. The molecule has 0 spiro atoms. The molecule has 0 radical (unpaired) electrons. The Labute approximate surface area is 152 Å². The van der Waals surface area contributed by atoms with Crippen LogP contribution < -0.4 is 5.32 Å². The van der Waals surface area contributed by atoms with E-state index in [-0.39, 0.29) is 0 Å². The lowest BCUT2D eigenvalue weighted by atomic mass is 10.1. The van der Waals surface area contributed by atoms with Crippen LogP contribution in [0.3, 0.4) is 0 Å². The van der Waals surface area contributed by atoms with Gasteiger partial charge in [0, 0.05) is 27.3 Å². The molecule has 0 unspecified atom stereocenters. The molecule has 1 heterocycles. The van der Waals surface area contributed by atoms with Crippen LogP contribution >= 0.6 is 23.1 Å². The van der Waals surface area contributed by atoms with E-state index in [0.29, 0.717) is 5.92 Å². The maximum absolute atomic E-state index is 4.77. The van der Waals surface area contributed by atoms with E-state index in [1.807, 2.05) is 13.1 Å². The van der Waals surface area contributed by atoms with Crippen molar-refractivity contribution in [3.8, 4) is 11.3 Å². The minimum absolute atomic E-state index is 0.627. The Bertz CT molecular complexity index is 777. The smallest absolute Gasteiger partial charge is 0.183 e. The largest absolute Gasteiger partial charge is 0.365 e. The summed E-state index contributed by atoms with van der Waals surface area (Å²) in [6.45, 7) is 4.50. The van der Waals surface area contributed by atoms with Gasteiger partial charge in [-0.3, -0.25) is 0 Å². The van der Waals surface area contributed by atoms with Gasteiger partial charge < -0.3 is 5.32 Å². The molecule has 0 aliphatic carbocycles. The lowest BCUT2D eigenvalue weighted by Crippen LogP contribution is -1.93. The summed E-state index contributed by atoms with van der Waals surface area (Å²) in [5.41, 5.74) is 2.31. The molecule has 4 heteroatoms. The van der Waals surface area contributed by atoms with Crippen LogP contribution in [0.15, 0.2) is 64.4 Å². The monoisotopic (exact) mass is 354 g/mol. The summed E-state index contributed by atoms with van der Waals surface area (Å²) in [5.74, 6) is 0.627. The van der Waals surface area contributed by atoms with Crippen molar-refractivity contribution in [3.63, 3.8) is 0 Å². The normalized spacial score (nSPS) is 11.0. The Morgan fingerprint density at radius 2 is 1.67 bits per heavy atom. The van der Waals surface area contributed by atoms with Crippen molar-refractivity contribution in [2.45, 2.75) is 30.1 Å². The van der Waals surface area contributed by atoms with Crippen LogP contribution in [0.4, 0.5) is 5.13 Å². The first-order valence-electron chi connectivity index (χ1n) is 8.16. The van der Waals surface area contributed by atoms with Gasteiger partial charge in [-0.1, -0.05) is 55.9 Å². The van der Waals surface area contributed by atoms with E-state index < -0.39 is 0 Å². The minimum atomic E-state index is 0.627. The van der Waals surface area contributed by atoms with Gasteiger partial charge in [-0.2, -0.15) is 0 Å². The molecule has 124 valence electrons. The molecule has 0 amide bonds. The second kappa shape index (κ2) is 7.86. The number of hydrogen-bond acceptors (Lipinski definition) is 4. The van der Waals surface area contributed by atoms with E-state index in [4.69, 9.17) is 4.98 Å². The third-order valence-corrected chi connectivity index (χ3v) is 5.72. The molecule has 0 aliphatic heterocycles. The van der Waals surface area contributed by atoms with Crippen molar-refractivity contribution in [2.75, 3.05) is 12.4 Å². The van der Waals surface area contributed by atoms with Crippen LogP contribution in [0.2, 0.25) is 0 Å². The Morgan fingerprint density at radius 1 is 1.00 bits per heavy atom. The van der Waals surface area contributed by atoms with Gasteiger partial charge in [-0.15, -0.1) is 11.3 Å². The molecule has 0 fully saturated rings. The van der Waals surface area contributed by atoms with Crippen molar-refractivity contribution < 1.29 is 0 Å². The molecular formula is C20H22N2S2. The second-order valence-electron chi connectivity index (χ2n) is 6.08. The van der Waals surface area contributed by atoms with E-state index in [1.54, 1.807) is 23.1 Å². The topological polar surface area (TPSA) is 24.9 Å². The minimum Gasteiger partial charge on any atom is -0.365 e. The lowest BCUT2D eigenvalue weighted by Gasteiger charge is -2.06. The Balaban J connectivity index is 1.84. The molecule has 1 aromatic heterocycles. The van der Waals surface area contributed by atoms with Gasteiger partial charge >= 0.3 is 0 Å². The molecule has 0 saturated carbocycles. The number of nitrogens with zero attached hydrogens (tertiary/aromatic N) is 1. The second-order valence-corrected chi connectivity index (χ2v) is 8.31. The summed E-state index contributed by atoms with van der Waals surface area (Å²) in [6.07, 6.45) is 1.06. The standard InChI is InChI=1S/C20H22N2S2/c1-14(2)13-18-19(22-20(21-3)24-18)15-9-11-17(12-10-15)23-16-7-5-4-6-8-16/h4-12,14H,13H2,1-3H3,(H,21,22). The summed E-state index contributed by atoms with van der Waals surface area (Å²) in [7, 11) is 1.93. The predicted molar refractivity (Wildman–Crippen MR) is 106 cm³/mol. The first kappa shape index (κ1) is 17.1. The first-order chi connectivity index (χ1) is 11.7. The van der Waals surface area contributed by atoms with Crippen molar-refractivity contribution in [1.82, 2.24) is 4.98 Å². The third-order valence-electron chi connectivity index (χ3n) is 3.61. The highest BCUT2D eigenvalue weighted by molar-refractivity contribution is 7.99. The number of aromatic nitrogens is 1. The maximum atomic E-state index is 4.77. The number of rotatable bonds is 6. The summed E-state index contributed by atoms with van der Waals surface area (Å²) in [5, 5.41) is 4.17.